The van der Waals surface area contributed by atoms with Crippen LogP contribution >= 0.6 is 0 Å². The van der Waals surface area contributed by atoms with Crippen molar-refractivity contribution >= 4 is 23.5 Å². The standard InChI is InChI=1S/C32H47N3O8/c1-20(36)43-32-11-9-23(37)30(32,2)10-8-22-26(32)28(39)27(38)25-21(29(40)42-24(19-41-6)31(22,25)3)18-35-16-14-34(15-17-35)13-7-12-33(4)5/h18,23-25,37H,7-17,19H2,1-6H3. The number of nitrogens with zero attached hydrogens (tertiary/aromatic N) is 3. The average Bonchev–Trinajstić information content (AvgIpc) is 3.20. The Hall–Kier alpha value is -2.60. The Morgan fingerprint density at radius 1 is 1.14 bits per heavy atom. The number of fused-ring (bicyclic) bond motifs is 4. The number of cyclic esters (lactones) is 1. The summed E-state index contributed by atoms with van der Waals surface area (Å²) in [6.07, 6.45) is 2.60. The highest BCUT2D eigenvalue weighted by molar-refractivity contribution is 6.47. The number of hydrogen-bond donors (Lipinski definition) is 1. The number of hydrogen-bond acceptors (Lipinski definition) is 11. The van der Waals surface area contributed by atoms with Crippen LogP contribution in [0.5, 0.6) is 0 Å². The van der Waals surface area contributed by atoms with Crippen molar-refractivity contribution in [2.24, 2.45) is 16.7 Å². The van der Waals surface area contributed by atoms with E-state index in [9.17, 15) is 24.3 Å². The molecule has 3 aliphatic carbocycles. The molecule has 0 bridgehead atoms. The van der Waals surface area contributed by atoms with E-state index in [1.54, 1.807) is 6.20 Å². The third-order valence-corrected chi connectivity index (χ3v) is 10.9. The lowest BCUT2D eigenvalue weighted by atomic mass is 9.49. The van der Waals surface area contributed by atoms with Gasteiger partial charge in [0.1, 0.15) is 11.7 Å². The molecule has 11 nitrogen and oxygen atoms in total. The second-order valence-corrected chi connectivity index (χ2v) is 13.6. The van der Waals surface area contributed by atoms with Crippen LogP contribution in [0.2, 0.25) is 0 Å². The lowest BCUT2D eigenvalue weighted by molar-refractivity contribution is -0.179. The summed E-state index contributed by atoms with van der Waals surface area (Å²) in [6, 6.07) is 0. The maximum Gasteiger partial charge on any atom is 0.336 e. The Morgan fingerprint density at radius 3 is 2.47 bits per heavy atom. The maximum atomic E-state index is 14.3. The summed E-state index contributed by atoms with van der Waals surface area (Å²) in [5.74, 6) is -3.68. The van der Waals surface area contributed by atoms with Crippen LogP contribution in [-0.2, 0) is 33.4 Å². The van der Waals surface area contributed by atoms with Gasteiger partial charge in [-0.2, -0.15) is 0 Å². The minimum Gasteiger partial charge on any atom is -0.456 e. The molecule has 238 valence electrons. The zero-order valence-corrected chi connectivity index (χ0v) is 26.4. The molecular weight excluding hydrogens is 554 g/mol. The van der Waals surface area contributed by atoms with E-state index >= 15 is 0 Å². The van der Waals surface area contributed by atoms with Gasteiger partial charge in [0.2, 0.25) is 11.6 Å². The molecule has 2 heterocycles. The number of rotatable bonds is 8. The number of Topliss-reactive ketones (excluding diaryl/α,β-unsaturated/α-hetero) is 2. The summed E-state index contributed by atoms with van der Waals surface area (Å²) in [6.45, 7) is 10.1. The molecule has 2 aliphatic heterocycles. The number of carbonyl (C=O) groups excluding carboxylic acids is 4. The first kappa shape index (κ1) is 31.8. The molecule has 0 amide bonds. The Labute approximate surface area is 254 Å². The molecule has 0 radical (unpaired) electrons. The second kappa shape index (κ2) is 11.7. The molecule has 6 atom stereocenters. The minimum atomic E-state index is -1.43. The maximum absolute atomic E-state index is 14.3. The third kappa shape index (κ3) is 5.06. The monoisotopic (exact) mass is 601 g/mol. The van der Waals surface area contributed by atoms with E-state index in [0.29, 0.717) is 37.9 Å². The normalized spacial score (nSPS) is 37.4. The van der Waals surface area contributed by atoms with Crippen molar-refractivity contribution in [2.45, 2.75) is 70.7 Å². The lowest BCUT2D eigenvalue weighted by Gasteiger charge is -2.57. The molecule has 3 fully saturated rings. The van der Waals surface area contributed by atoms with Gasteiger partial charge in [-0.1, -0.05) is 13.8 Å². The van der Waals surface area contributed by atoms with Crippen LogP contribution in [0.1, 0.15) is 52.9 Å². The van der Waals surface area contributed by atoms with Crippen molar-refractivity contribution in [2.75, 3.05) is 67.1 Å². The molecule has 0 spiro atoms. The zero-order valence-electron chi connectivity index (χ0n) is 26.4. The van der Waals surface area contributed by atoms with Gasteiger partial charge < -0.3 is 29.1 Å². The first-order chi connectivity index (χ1) is 20.3. The van der Waals surface area contributed by atoms with Crippen LogP contribution in [-0.4, -0.2) is 128 Å². The number of esters is 2. The molecule has 11 heteroatoms. The smallest absolute Gasteiger partial charge is 0.336 e. The summed E-state index contributed by atoms with van der Waals surface area (Å²) < 4.78 is 17.5. The lowest BCUT2D eigenvalue weighted by Crippen LogP contribution is -2.64. The van der Waals surface area contributed by atoms with Crippen LogP contribution in [0, 0.1) is 16.7 Å². The fourth-order valence-corrected chi connectivity index (χ4v) is 8.46. The number of carbonyl (C=O) groups is 4. The Balaban J connectivity index is 1.54. The van der Waals surface area contributed by atoms with E-state index in [1.807, 2.05) is 18.7 Å². The summed E-state index contributed by atoms with van der Waals surface area (Å²) in [4.78, 5) is 61.2. The van der Waals surface area contributed by atoms with Crippen molar-refractivity contribution in [1.29, 1.82) is 0 Å². The predicted molar refractivity (Wildman–Crippen MR) is 157 cm³/mol. The van der Waals surface area contributed by atoms with Crippen LogP contribution in [0.3, 0.4) is 0 Å². The van der Waals surface area contributed by atoms with Crippen molar-refractivity contribution < 1.29 is 38.5 Å². The van der Waals surface area contributed by atoms with E-state index in [2.05, 4.69) is 23.9 Å². The zero-order chi connectivity index (χ0) is 31.3. The number of ketones is 2. The fourth-order valence-electron chi connectivity index (χ4n) is 8.46. The summed E-state index contributed by atoms with van der Waals surface area (Å²) in [5, 5.41) is 11.1. The highest BCUT2D eigenvalue weighted by atomic mass is 16.6. The average molecular weight is 602 g/mol. The van der Waals surface area contributed by atoms with Gasteiger partial charge >= 0.3 is 11.9 Å². The van der Waals surface area contributed by atoms with Crippen LogP contribution in [0.4, 0.5) is 0 Å². The quantitative estimate of drug-likeness (QED) is 0.246. The molecule has 2 saturated heterocycles. The van der Waals surface area contributed by atoms with E-state index in [4.69, 9.17) is 14.2 Å². The number of ether oxygens (including phenoxy) is 3. The molecule has 1 N–H and O–H groups in total. The molecular formula is C32H47N3O8. The van der Waals surface area contributed by atoms with Crippen molar-refractivity contribution in [3.63, 3.8) is 0 Å². The molecule has 0 aromatic heterocycles. The summed E-state index contributed by atoms with van der Waals surface area (Å²) >= 11 is 0. The SMILES string of the molecule is COCC1OC(=O)C(=CN2CCN(CCCN(C)C)CC2)C2C(=O)C(=O)C3=C(CCC4(C)C(O)CCC34OC(C)=O)C12C. The molecule has 5 rings (SSSR count). The first-order valence-corrected chi connectivity index (χ1v) is 15.5. The summed E-state index contributed by atoms with van der Waals surface area (Å²) in [5.41, 5.74) is -2.43. The molecule has 43 heavy (non-hydrogen) atoms. The van der Waals surface area contributed by atoms with Crippen molar-refractivity contribution in [3.8, 4) is 0 Å². The van der Waals surface area contributed by atoms with Gasteiger partial charge in [0.25, 0.3) is 0 Å². The van der Waals surface area contributed by atoms with Gasteiger partial charge in [0.15, 0.2) is 0 Å². The molecule has 6 unspecified atom stereocenters. The summed E-state index contributed by atoms with van der Waals surface area (Å²) in [7, 11) is 5.63. The Kier molecular flexibility index (Phi) is 8.67. The number of methoxy groups -OCH3 is 1. The molecule has 0 aromatic rings. The highest BCUT2D eigenvalue weighted by Crippen LogP contribution is 2.65. The fraction of sp³-hybridized carbons (Fsp3) is 0.750. The molecule has 0 aromatic carbocycles. The Bertz CT molecular complexity index is 1240. The largest absolute Gasteiger partial charge is 0.456 e. The first-order valence-electron chi connectivity index (χ1n) is 15.5. The van der Waals surface area contributed by atoms with E-state index in [-0.39, 0.29) is 24.2 Å². The van der Waals surface area contributed by atoms with Gasteiger partial charge in [-0.05, 0) is 64.9 Å². The van der Waals surface area contributed by atoms with Gasteiger partial charge in [-0.15, -0.1) is 0 Å². The minimum absolute atomic E-state index is 0.0380. The van der Waals surface area contributed by atoms with E-state index in [1.165, 1.54) is 14.0 Å². The Morgan fingerprint density at radius 2 is 1.84 bits per heavy atom. The number of piperazine rings is 1. The number of aliphatic hydroxyl groups excluding tert-OH is 1. The predicted octanol–water partition coefficient (Wildman–Crippen LogP) is 1.34. The van der Waals surface area contributed by atoms with Gasteiger partial charge in [-0.25, -0.2) is 4.79 Å². The topological polar surface area (TPSA) is 126 Å². The van der Waals surface area contributed by atoms with Crippen molar-refractivity contribution in [3.05, 3.63) is 22.9 Å². The third-order valence-electron chi connectivity index (χ3n) is 10.9. The molecule has 5 aliphatic rings. The van der Waals surface area contributed by atoms with Crippen LogP contribution in [0.25, 0.3) is 0 Å². The highest BCUT2D eigenvalue weighted by Gasteiger charge is 2.71. The van der Waals surface area contributed by atoms with Crippen LogP contribution < -0.4 is 0 Å². The van der Waals surface area contributed by atoms with Gasteiger partial charge in [-0.3, -0.25) is 19.3 Å². The van der Waals surface area contributed by atoms with Gasteiger partial charge in [0, 0.05) is 62.8 Å². The molecule has 1 saturated carbocycles. The van der Waals surface area contributed by atoms with Crippen molar-refractivity contribution in [1.82, 2.24) is 14.7 Å². The van der Waals surface area contributed by atoms with E-state index in [0.717, 1.165) is 32.6 Å². The van der Waals surface area contributed by atoms with Gasteiger partial charge in [0.05, 0.1) is 24.2 Å². The number of aliphatic hydroxyl groups is 1. The van der Waals surface area contributed by atoms with E-state index < -0.39 is 58.1 Å². The second-order valence-electron chi connectivity index (χ2n) is 13.6. The van der Waals surface area contributed by atoms with Crippen LogP contribution in [0.15, 0.2) is 22.9 Å².